The van der Waals surface area contributed by atoms with Gasteiger partial charge in [-0.3, -0.25) is 0 Å². The first-order valence-electron chi connectivity index (χ1n) is 7.06. The van der Waals surface area contributed by atoms with Crippen molar-refractivity contribution in [1.29, 1.82) is 0 Å². The van der Waals surface area contributed by atoms with E-state index in [1.54, 1.807) is 6.26 Å². The summed E-state index contributed by atoms with van der Waals surface area (Å²) >= 11 is 0. The maximum atomic E-state index is 5.22. The van der Waals surface area contributed by atoms with Gasteiger partial charge >= 0.3 is 0 Å². The van der Waals surface area contributed by atoms with Crippen molar-refractivity contribution in [3.63, 3.8) is 0 Å². The summed E-state index contributed by atoms with van der Waals surface area (Å²) in [5.74, 6) is 0.702. The number of nitrogens with zero attached hydrogens (tertiary/aromatic N) is 1. The Balaban J connectivity index is 1.85. The van der Waals surface area contributed by atoms with Crippen molar-refractivity contribution in [1.82, 2.24) is 4.98 Å². The van der Waals surface area contributed by atoms with E-state index in [1.165, 1.54) is 31.4 Å². The smallest absolute Gasteiger partial charge is 0.191 e. The molecule has 2 rings (SSSR count). The van der Waals surface area contributed by atoms with Gasteiger partial charge in [-0.1, -0.05) is 38.3 Å². The zero-order valence-electron chi connectivity index (χ0n) is 11.8. The summed E-state index contributed by atoms with van der Waals surface area (Å²) in [7, 11) is 0. The second-order valence-electron chi connectivity index (χ2n) is 4.82. The molecule has 0 aliphatic heterocycles. The fourth-order valence-corrected chi connectivity index (χ4v) is 2.04. The lowest BCUT2D eigenvalue weighted by molar-refractivity contribution is 0.521. The summed E-state index contributed by atoms with van der Waals surface area (Å²) in [5.41, 5.74) is 3.15. The minimum atomic E-state index is 0.702. The lowest BCUT2D eigenvalue weighted by Gasteiger charge is -2.06. The van der Waals surface area contributed by atoms with Crippen molar-refractivity contribution in [3.8, 4) is 11.3 Å². The molecule has 0 saturated heterocycles. The van der Waals surface area contributed by atoms with E-state index >= 15 is 0 Å². The second kappa shape index (κ2) is 6.98. The monoisotopic (exact) mass is 258 g/mol. The van der Waals surface area contributed by atoms with Crippen LogP contribution in [-0.2, 0) is 0 Å². The van der Waals surface area contributed by atoms with Crippen LogP contribution < -0.4 is 5.32 Å². The molecule has 0 aliphatic carbocycles. The Kier molecular flexibility index (Phi) is 5.01. The molecule has 1 aromatic heterocycles. The zero-order chi connectivity index (χ0) is 13.5. The molecule has 0 fully saturated rings. The summed E-state index contributed by atoms with van der Waals surface area (Å²) in [6.07, 6.45) is 6.85. The van der Waals surface area contributed by atoms with Gasteiger partial charge in [0.05, 0.1) is 0 Å². The highest BCUT2D eigenvalue weighted by Gasteiger charge is 2.02. The average Bonchev–Trinajstić information content (AvgIpc) is 2.86. The van der Waals surface area contributed by atoms with Gasteiger partial charge in [0, 0.05) is 24.7 Å². The average molecular weight is 258 g/mol. The van der Waals surface area contributed by atoms with E-state index in [9.17, 15) is 0 Å². The third-order valence-corrected chi connectivity index (χ3v) is 3.16. The molecule has 0 amide bonds. The van der Waals surface area contributed by atoms with Gasteiger partial charge in [0.2, 0.25) is 0 Å². The molecule has 19 heavy (non-hydrogen) atoms. The van der Waals surface area contributed by atoms with Crippen LogP contribution in [0, 0.1) is 6.92 Å². The molecule has 0 spiro atoms. The van der Waals surface area contributed by atoms with Crippen molar-refractivity contribution in [2.75, 3.05) is 11.9 Å². The quantitative estimate of drug-likeness (QED) is 0.735. The van der Waals surface area contributed by atoms with Crippen molar-refractivity contribution < 1.29 is 4.42 Å². The molecule has 102 valence electrons. The van der Waals surface area contributed by atoms with E-state index in [-0.39, 0.29) is 0 Å². The number of unbranched alkanes of at least 4 members (excludes halogenated alkanes) is 3. The van der Waals surface area contributed by atoms with Crippen LogP contribution in [0.4, 0.5) is 5.69 Å². The molecule has 0 radical (unpaired) electrons. The maximum Gasteiger partial charge on any atom is 0.191 e. The van der Waals surface area contributed by atoms with E-state index < -0.39 is 0 Å². The third-order valence-electron chi connectivity index (χ3n) is 3.16. The Morgan fingerprint density at radius 3 is 2.53 bits per heavy atom. The van der Waals surface area contributed by atoms with Gasteiger partial charge in [-0.2, -0.15) is 0 Å². The molecule has 1 heterocycles. The highest BCUT2D eigenvalue weighted by molar-refractivity contribution is 5.61. The summed E-state index contributed by atoms with van der Waals surface area (Å²) in [5, 5.41) is 3.44. The Bertz CT molecular complexity index is 488. The van der Waals surface area contributed by atoms with Crippen LogP contribution in [-0.4, -0.2) is 11.5 Å². The van der Waals surface area contributed by atoms with Gasteiger partial charge < -0.3 is 9.73 Å². The number of aromatic nitrogens is 1. The number of rotatable bonds is 7. The number of hydrogen-bond donors (Lipinski definition) is 1. The van der Waals surface area contributed by atoms with E-state index in [2.05, 4.69) is 41.5 Å². The Labute approximate surface area is 115 Å². The molecule has 0 bridgehead atoms. The van der Waals surface area contributed by atoms with Crippen molar-refractivity contribution in [3.05, 3.63) is 36.4 Å². The van der Waals surface area contributed by atoms with Crippen LogP contribution in [0.5, 0.6) is 0 Å². The Morgan fingerprint density at radius 1 is 1.11 bits per heavy atom. The Hall–Kier alpha value is -1.77. The number of anilines is 1. The van der Waals surface area contributed by atoms with Crippen molar-refractivity contribution in [2.45, 2.75) is 39.5 Å². The number of nitrogens with one attached hydrogen (secondary N) is 1. The molecule has 3 nitrogen and oxygen atoms in total. The number of benzene rings is 1. The topological polar surface area (TPSA) is 38.1 Å². The minimum Gasteiger partial charge on any atom is -0.449 e. The molecule has 0 atom stereocenters. The maximum absolute atomic E-state index is 5.22. The van der Waals surface area contributed by atoms with Crippen molar-refractivity contribution in [2.24, 2.45) is 0 Å². The first kappa shape index (κ1) is 13.7. The molecule has 3 heteroatoms. The van der Waals surface area contributed by atoms with Gasteiger partial charge in [-0.05, 0) is 18.6 Å². The van der Waals surface area contributed by atoms with Crippen LogP contribution in [0.15, 0.2) is 34.9 Å². The number of oxazole rings is 1. The van der Waals surface area contributed by atoms with Crippen LogP contribution in [0.2, 0.25) is 0 Å². The van der Waals surface area contributed by atoms with Gasteiger partial charge in [0.25, 0.3) is 0 Å². The van der Waals surface area contributed by atoms with Crippen LogP contribution >= 0.6 is 0 Å². The van der Waals surface area contributed by atoms with E-state index in [1.807, 2.05) is 6.92 Å². The van der Waals surface area contributed by atoms with Crippen LogP contribution in [0.3, 0.4) is 0 Å². The minimum absolute atomic E-state index is 0.702. The molecule has 2 aromatic rings. The summed E-state index contributed by atoms with van der Waals surface area (Å²) in [4.78, 5) is 4.32. The predicted molar refractivity (Wildman–Crippen MR) is 79.3 cm³/mol. The summed E-state index contributed by atoms with van der Waals surface area (Å²) in [6, 6.07) is 8.34. The number of aryl methyl sites for hydroxylation is 1. The number of hydrogen-bond acceptors (Lipinski definition) is 3. The lowest BCUT2D eigenvalue weighted by atomic mass is 10.1. The van der Waals surface area contributed by atoms with E-state index in [4.69, 9.17) is 4.42 Å². The second-order valence-corrected chi connectivity index (χ2v) is 4.82. The third kappa shape index (κ3) is 4.12. The highest BCUT2D eigenvalue weighted by Crippen LogP contribution is 2.20. The van der Waals surface area contributed by atoms with E-state index in [0.29, 0.717) is 5.89 Å². The molecular formula is C16H22N2O. The lowest BCUT2D eigenvalue weighted by Crippen LogP contribution is -2.00. The van der Waals surface area contributed by atoms with Gasteiger partial charge in [-0.25, -0.2) is 4.98 Å². The molecule has 1 aromatic carbocycles. The summed E-state index contributed by atoms with van der Waals surface area (Å²) in [6.45, 7) is 5.13. The SMILES string of the molecule is CCCCCCNc1ccc(-c2coc(C)n2)cc1. The molecule has 0 aliphatic rings. The van der Waals surface area contributed by atoms with Crippen LogP contribution in [0.1, 0.15) is 38.5 Å². The normalized spacial score (nSPS) is 10.6. The first-order chi connectivity index (χ1) is 9.29. The largest absolute Gasteiger partial charge is 0.449 e. The van der Waals surface area contributed by atoms with Crippen molar-refractivity contribution >= 4 is 5.69 Å². The van der Waals surface area contributed by atoms with Gasteiger partial charge in [0.15, 0.2) is 5.89 Å². The Morgan fingerprint density at radius 2 is 1.89 bits per heavy atom. The van der Waals surface area contributed by atoms with E-state index in [0.717, 1.165) is 17.8 Å². The van der Waals surface area contributed by atoms with Gasteiger partial charge in [0.1, 0.15) is 12.0 Å². The molecular weight excluding hydrogens is 236 g/mol. The summed E-state index contributed by atoms with van der Waals surface area (Å²) < 4.78 is 5.22. The fourth-order valence-electron chi connectivity index (χ4n) is 2.04. The predicted octanol–water partition coefficient (Wildman–Crippen LogP) is 4.64. The first-order valence-corrected chi connectivity index (χ1v) is 7.06. The highest BCUT2D eigenvalue weighted by atomic mass is 16.3. The van der Waals surface area contributed by atoms with Crippen LogP contribution in [0.25, 0.3) is 11.3 Å². The van der Waals surface area contributed by atoms with Gasteiger partial charge in [-0.15, -0.1) is 0 Å². The fraction of sp³-hybridized carbons (Fsp3) is 0.438. The molecule has 1 N–H and O–H groups in total. The molecule has 0 saturated carbocycles. The zero-order valence-corrected chi connectivity index (χ0v) is 11.8. The standard InChI is InChI=1S/C16H22N2O/c1-3-4-5-6-11-17-15-9-7-14(8-10-15)16-12-19-13(2)18-16/h7-10,12,17H,3-6,11H2,1-2H3. The molecule has 0 unspecified atom stereocenters.